The number of ether oxygens (including phenoxy) is 4. The Hall–Kier alpha value is -3.79. The first kappa shape index (κ1) is 88.2. The molecule has 0 amide bonds. The van der Waals surface area contributed by atoms with Crippen molar-refractivity contribution in [1.29, 1.82) is 0 Å². The summed E-state index contributed by atoms with van der Waals surface area (Å²) < 4.78 is 22.8. The van der Waals surface area contributed by atoms with Gasteiger partial charge in [0.15, 0.2) is 12.4 Å². The third kappa shape index (κ3) is 73.6. The Bertz CT molecular complexity index is 1840. The molecule has 0 saturated heterocycles. The van der Waals surface area contributed by atoms with Crippen molar-refractivity contribution in [3.05, 3.63) is 97.2 Å². The molecular formula is C83H147NO8. The molecule has 0 aliphatic heterocycles. The van der Waals surface area contributed by atoms with Crippen LogP contribution in [-0.4, -0.2) is 82.3 Å². The van der Waals surface area contributed by atoms with Crippen LogP contribution in [0.15, 0.2) is 97.2 Å². The largest absolute Gasteiger partial charge is 0.545 e. The van der Waals surface area contributed by atoms with Crippen LogP contribution >= 0.6 is 0 Å². The number of likely N-dealkylation sites (N-methyl/N-ethyl adjacent to an activating group) is 1. The van der Waals surface area contributed by atoms with Crippen LogP contribution in [0.3, 0.4) is 0 Å². The lowest BCUT2D eigenvalue weighted by Crippen LogP contribution is -2.44. The highest BCUT2D eigenvalue weighted by Crippen LogP contribution is 2.19. The van der Waals surface area contributed by atoms with Crippen LogP contribution in [0.1, 0.15) is 354 Å². The van der Waals surface area contributed by atoms with Gasteiger partial charge in [0.25, 0.3) is 0 Å². The first-order valence-corrected chi connectivity index (χ1v) is 38.9. The Morgan fingerprint density at radius 2 is 0.620 bits per heavy atom. The summed E-state index contributed by atoms with van der Waals surface area (Å²) in [7, 11) is 5.92. The second-order valence-corrected chi connectivity index (χ2v) is 27.3. The van der Waals surface area contributed by atoms with Crippen molar-refractivity contribution in [2.24, 2.45) is 0 Å². The molecule has 9 nitrogen and oxygen atoms in total. The Morgan fingerprint density at radius 3 is 0.924 bits per heavy atom. The summed E-state index contributed by atoms with van der Waals surface area (Å²) in [6.07, 6.45) is 98.2. The molecule has 0 aromatic carbocycles. The second-order valence-electron chi connectivity index (χ2n) is 27.3. The number of allylic oxidation sites excluding steroid dienone is 16. The average molecular weight is 1290 g/mol. The van der Waals surface area contributed by atoms with Crippen LogP contribution in [0, 0.1) is 0 Å². The molecule has 0 spiro atoms. The van der Waals surface area contributed by atoms with Crippen molar-refractivity contribution in [1.82, 2.24) is 0 Å². The van der Waals surface area contributed by atoms with Crippen molar-refractivity contribution in [3.8, 4) is 0 Å². The Morgan fingerprint density at radius 1 is 0.337 bits per heavy atom. The molecule has 0 fully saturated rings. The molecule has 0 N–H and O–H groups in total. The molecule has 0 bridgehead atoms. The molecule has 532 valence electrons. The van der Waals surface area contributed by atoms with E-state index in [1.165, 1.54) is 225 Å². The lowest BCUT2D eigenvalue weighted by Gasteiger charge is -2.26. The molecule has 92 heavy (non-hydrogen) atoms. The number of unbranched alkanes of at least 4 members (excludes halogenated alkanes) is 41. The van der Waals surface area contributed by atoms with Gasteiger partial charge in [0, 0.05) is 12.8 Å². The van der Waals surface area contributed by atoms with Gasteiger partial charge in [-0.15, -0.1) is 0 Å². The van der Waals surface area contributed by atoms with Gasteiger partial charge in [0.05, 0.1) is 40.3 Å². The summed E-state index contributed by atoms with van der Waals surface area (Å²) in [4.78, 5) is 37.5. The van der Waals surface area contributed by atoms with Crippen LogP contribution in [0.5, 0.6) is 0 Å². The van der Waals surface area contributed by atoms with Crippen LogP contribution in [-0.2, 0) is 33.3 Å². The van der Waals surface area contributed by atoms with Gasteiger partial charge in [-0.2, -0.15) is 0 Å². The number of hydrogen-bond donors (Lipinski definition) is 0. The van der Waals surface area contributed by atoms with Crippen LogP contribution < -0.4 is 5.11 Å². The van der Waals surface area contributed by atoms with Gasteiger partial charge in [-0.05, 0) is 77.0 Å². The number of hydrogen-bond acceptors (Lipinski definition) is 8. The fourth-order valence-corrected chi connectivity index (χ4v) is 11.2. The van der Waals surface area contributed by atoms with E-state index in [2.05, 4.69) is 111 Å². The molecule has 9 heteroatoms. The second kappa shape index (κ2) is 73.0. The highest BCUT2D eigenvalue weighted by molar-refractivity contribution is 5.70. The number of esters is 2. The molecule has 0 radical (unpaired) electrons. The van der Waals surface area contributed by atoms with Crippen molar-refractivity contribution < 1.29 is 42.9 Å². The number of quaternary nitrogens is 1. The normalized spacial score (nSPS) is 13.2. The Labute approximate surface area is 569 Å². The number of carbonyl (C=O) groups is 3. The smallest absolute Gasteiger partial charge is 0.306 e. The van der Waals surface area contributed by atoms with E-state index in [1.807, 2.05) is 21.1 Å². The van der Waals surface area contributed by atoms with E-state index in [4.69, 9.17) is 18.9 Å². The number of carboxylic acids is 1. The zero-order valence-electron chi connectivity index (χ0n) is 60.9. The summed E-state index contributed by atoms with van der Waals surface area (Å²) in [5.41, 5.74) is 0. The fraction of sp³-hybridized carbons (Fsp3) is 0.771. The maximum absolute atomic E-state index is 12.9. The predicted molar refractivity (Wildman–Crippen MR) is 394 cm³/mol. The molecule has 2 unspecified atom stereocenters. The maximum Gasteiger partial charge on any atom is 0.306 e. The lowest BCUT2D eigenvalue weighted by atomic mass is 10.0. The van der Waals surface area contributed by atoms with Gasteiger partial charge in [-0.3, -0.25) is 9.59 Å². The predicted octanol–water partition coefficient (Wildman–Crippen LogP) is 23.4. The van der Waals surface area contributed by atoms with E-state index < -0.39 is 24.3 Å². The highest BCUT2D eigenvalue weighted by atomic mass is 16.7. The molecular weight excluding hydrogens is 1140 g/mol. The standard InChI is InChI=1S/C83H147NO8/c1-6-8-10-12-14-16-18-20-22-24-26-28-30-32-34-36-37-38-39-40-41-42-43-44-46-47-49-51-53-55-57-59-61-63-65-67-69-71-73-80(85)90-77-79(78-91-83(82(87)88)89-76-75-84(3,4)5)92-81(86)74-72-70-68-66-64-62-60-58-56-54-52-50-48-45-35-33-31-29-27-25-23-21-19-17-15-13-11-9-7-2/h9,11,15,17,21,23,27,29,33,35,48,50,54,56,60,62,79,83H,6-8,10,12-14,16,18-20,22,24-26,28,30-32,34,36-47,49,51-53,55,57-59,61,63-78H2,1-5H3/b11-9-,17-15-,23-21-,29-27-,35-33-,50-48-,56-54-,62-60-. The zero-order valence-corrected chi connectivity index (χ0v) is 60.9. The zero-order chi connectivity index (χ0) is 66.8. The summed E-state index contributed by atoms with van der Waals surface area (Å²) in [5.74, 6) is -2.31. The Kier molecular flexibility index (Phi) is 70.0. The number of aliphatic carboxylic acids is 1. The lowest BCUT2D eigenvalue weighted by molar-refractivity contribution is -0.870. The minimum Gasteiger partial charge on any atom is -0.545 e. The maximum atomic E-state index is 12.9. The monoisotopic (exact) mass is 1290 g/mol. The van der Waals surface area contributed by atoms with E-state index in [9.17, 15) is 19.5 Å². The summed E-state index contributed by atoms with van der Waals surface area (Å²) in [6, 6.07) is 0. The summed E-state index contributed by atoms with van der Waals surface area (Å²) >= 11 is 0. The van der Waals surface area contributed by atoms with Gasteiger partial charge < -0.3 is 33.3 Å². The van der Waals surface area contributed by atoms with Gasteiger partial charge in [0.2, 0.25) is 0 Å². The van der Waals surface area contributed by atoms with E-state index in [0.29, 0.717) is 17.4 Å². The number of rotatable bonds is 72. The minimum absolute atomic E-state index is 0.139. The molecule has 0 saturated carbocycles. The van der Waals surface area contributed by atoms with Gasteiger partial charge in [0.1, 0.15) is 13.2 Å². The summed E-state index contributed by atoms with van der Waals surface area (Å²) in [5, 5.41) is 11.8. The molecule has 0 aromatic rings. The van der Waals surface area contributed by atoms with E-state index in [-0.39, 0.29) is 38.6 Å². The third-order valence-corrected chi connectivity index (χ3v) is 17.1. The van der Waals surface area contributed by atoms with Crippen LogP contribution in [0.25, 0.3) is 0 Å². The quantitative estimate of drug-likeness (QED) is 0.0195. The van der Waals surface area contributed by atoms with Gasteiger partial charge in [-0.1, -0.05) is 361 Å². The first-order valence-electron chi connectivity index (χ1n) is 38.9. The van der Waals surface area contributed by atoms with Crippen molar-refractivity contribution in [2.75, 3.05) is 47.5 Å². The van der Waals surface area contributed by atoms with Crippen LogP contribution in [0.4, 0.5) is 0 Å². The Balaban J connectivity index is 4.05. The molecule has 2 atom stereocenters. The van der Waals surface area contributed by atoms with E-state index >= 15 is 0 Å². The molecule has 0 aromatic heterocycles. The molecule has 0 aliphatic rings. The number of carbonyl (C=O) groups excluding carboxylic acids is 3. The topological polar surface area (TPSA) is 111 Å². The molecule has 0 rings (SSSR count). The molecule has 0 aliphatic carbocycles. The van der Waals surface area contributed by atoms with E-state index in [0.717, 1.165) is 96.3 Å². The van der Waals surface area contributed by atoms with Gasteiger partial charge >= 0.3 is 11.9 Å². The highest BCUT2D eigenvalue weighted by Gasteiger charge is 2.22. The fourth-order valence-electron chi connectivity index (χ4n) is 11.2. The van der Waals surface area contributed by atoms with Crippen molar-refractivity contribution in [2.45, 2.75) is 367 Å². The van der Waals surface area contributed by atoms with Crippen molar-refractivity contribution >= 4 is 17.9 Å². The minimum atomic E-state index is -1.63. The first-order chi connectivity index (χ1) is 45.1. The number of nitrogens with zero attached hydrogens (tertiary/aromatic N) is 1. The van der Waals surface area contributed by atoms with Crippen molar-refractivity contribution in [3.63, 3.8) is 0 Å². The third-order valence-electron chi connectivity index (χ3n) is 17.1. The van der Waals surface area contributed by atoms with E-state index in [1.54, 1.807) is 0 Å². The van der Waals surface area contributed by atoms with Crippen LogP contribution in [0.2, 0.25) is 0 Å². The van der Waals surface area contributed by atoms with Gasteiger partial charge in [-0.25, -0.2) is 0 Å². The number of carboxylic acid groups (broad SMARTS) is 1. The molecule has 0 heterocycles. The SMILES string of the molecule is CC/C=C\C/C=C\C/C=C\C/C=C\C/C=C\C/C=C\C/C=C\C/C=C\CCCCCCC(=O)OC(COC(=O)CCCCCCCCCCCCCCCCCCCCCCCCCCCCCCCCCCCCCCCC)COC(OCC[N+](C)(C)C)C(=O)[O-]. The summed E-state index contributed by atoms with van der Waals surface area (Å²) in [6.45, 7) is 4.64. The average Bonchev–Trinajstić information content (AvgIpc) is 3.75.